The van der Waals surface area contributed by atoms with E-state index >= 15 is 0 Å². The zero-order valence-corrected chi connectivity index (χ0v) is 25.2. The van der Waals surface area contributed by atoms with Crippen LogP contribution in [-0.2, 0) is 15.6 Å². The van der Waals surface area contributed by atoms with Crippen molar-refractivity contribution in [2.75, 3.05) is 0 Å². The Morgan fingerprint density at radius 3 is 1.19 bits per heavy atom. The molecule has 2 aromatic rings. The van der Waals surface area contributed by atoms with E-state index < -0.39 is 0 Å². The molecule has 0 radical (unpaired) electrons. The van der Waals surface area contributed by atoms with Crippen LogP contribution in [0.3, 0.4) is 0 Å². The molecular formula is C36H58O. The number of benzene rings is 2. The molecule has 2 atom stereocenters. The van der Waals surface area contributed by atoms with Crippen molar-refractivity contribution < 1.29 is 4.74 Å². The van der Waals surface area contributed by atoms with Gasteiger partial charge in [0.05, 0.1) is 12.2 Å². The van der Waals surface area contributed by atoms with E-state index in [4.69, 9.17) is 4.74 Å². The average Bonchev–Trinajstić information content (AvgIpc) is 2.88. The van der Waals surface area contributed by atoms with Crippen LogP contribution in [0.15, 0.2) is 60.7 Å². The highest BCUT2D eigenvalue weighted by Crippen LogP contribution is 2.30. The van der Waals surface area contributed by atoms with E-state index in [2.05, 4.69) is 102 Å². The molecule has 0 aliphatic carbocycles. The zero-order valence-electron chi connectivity index (χ0n) is 25.2. The molecule has 208 valence electrons. The first-order valence-electron chi connectivity index (χ1n) is 15.5. The van der Waals surface area contributed by atoms with E-state index in [1.807, 2.05) is 0 Å². The highest BCUT2D eigenvalue weighted by atomic mass is 16.5. The molecule has 0 saturated heterocycles. The highest BCUT2D eigenvalue weighted by Gasteiger charge is 2.20. The predicted octanol–water partition coefficient (Wildman–Crippen LogP) is 11.2. The third-order valence-corrected chi connectivity index (χ3v) is 8.40. The predicted molar refractivity (Wildman–Crippen MR) is 164 cm³/mol. The van der Waals surface area contributed by atoms with Gasteiger partial charge in [-0.05, 0) is 61.5 Å². The molecule has 0 N–H and O–H groups in total. The molecule has 0 fully saturated rings. The fraction of sp³-hybridized carbons (Fsp3) is 0.667. The summed E-state index contributed by atoms with van der Waals surface area (Å²) >= 11 is 0. The number of rotatable bonds is 20. The molecule has 0 aromatic heterocycles. The summed E-state index contributed by atoms with van der Waals surface area (Å²) in [5, 5.41) is 0. The second-order valence-electron chi connectivity index (χ2n) is 12.9. The SMILES string of the molecule is CC(CCCCCCCC(C)(C)c1ccccc1)OC(C)CCCCCCCC(C)(C)c1ccccc1. The molecule has 2 rings (SSSR count). The highest BCUT2D eigenvalue weighted by molar-refractivity contribution is 5.24. The largest absolute Gasteiger partial charge is 0.376 e. The van der Waals surface area contributed by atoms with Crippen molar-refractivity contribution >= 4 is 0 Å². The van der Waals surface area contributed by atoms with Gasteiger partial charge in [0.15, 0.2) is 0 Å². The van der Waals surface area contributed by atoms with Crippen molar-refractivity contribution in [1.82, 2.24) is 0 Å². The van der Waals surface area contributed by atoms with E-state index in [-0.39, 0.29) is 0 Å². The minimum absolute atomic E-state index is 0.291. The van der Waals surface area contributed by atoms with Gasteiger partial charge in [-0.3, -0.25) is 0 Å². The number of ether oxygens (including phenoxy) is 1. The molecule has 1 heteroatoms. The van der Waals surface area contributed by atoms with E-state index in [0.29, 0.717) is 23.0 Å². The van der Waals surface area contributed by atoms with Gasteiger partial charge in [0, 0.05) is 0 Å². The molecule has 2 aromatic carbocycles. The van der Waals surface area contributed by atoms with Gasteiger partial charge >= 0.3 is 0 Å². The molecule has 0 bridgehead atoms. The molecular weight excluding hydrogens is 448 g/mol. The van der Waals surface area contributed by atoms with Crippen molar-refractivity contribution in [2.45, 2.75) is 154 Å². The van der Waals surface area contributed by atoms with Crippen LogP contribution >= 0.6 is 0 Å². The lowest BCUT2D eigenvalue weighted by Gasteiger charge is -2.25. The van der Waals surface area contributed by atoms with Crippen LogP contribution in [0.4, 0.5) is 0 Å². The first-order chi connectivity index (χ1) is 17.7. The fourth-order valence-electron chi connectivity index (χ4n) is 5.66. The van der Waals surface area contributed by atoms with Gasteiger partial charge in [0.2, 0.25) is 0 Å². The Labute approximate surface area is 230 Å². The van der Waals surface area contributed by atoms with Crippen LogP contribution in [0.5, 0.6) is 0 Å². The molecule has 0 aliphatic rings. The van der Waals surface area contributed by atoms with Crippen LogP contribution in [0, 0.1) is 0 Å². The van der Waals surface area contributed by atoms with Crippen molar-refractivity contribution in [2.24, 2.45) is 0 Å². The summed E-state index contributed by atoms with van der Waals surface area (Å²) in [5.41, 5.74) is 3.52. The van der Waals surface area contributed by atoms with Crippen LogP contribution in [-0.4, -0.2) is 12.2 Å². The zero-order chi connectivity index (χ0) is 27.0. The third-order valence-electron chi connectivity index (χ3n) is 8.40. The molecule has 0 aliphatic heterocycles. The molecule has 0 spiro atoms. The number of hydrogen-bond donors (Lipinski definition) is 0. The smallest absolute Gasteiger partial charge is 0.0550 e. The maximum absolute atomic E-state index is 6.29. The topological polar surface area (TPSA) is 9.23 Å². The van der Waals surface area contributed by atoms with Crippen molar-refractivity contribution in [3.63, 3.8) is 0 Å². The maximum atomic E-state index is 6.29. The minimum Gasteiger partial charge on any atom is -0.376 e. The van der Waals surface area contributed by atoms with Crippen LogP contribution in [0.1, 0.15) is 143 Å². The quantitative estimate of drug-likeness (QED) is 0.162. The van der Waals surface area contributed by atoms with Crippen LogP contribution < -0.4 is 0 Å². The van der Waals surface area contributed by atoms with Gasteiger partial charge in [-0.15, -0.1) is 0 Å². The Kier molecular flexibility index (Phi) is 14.6. The van der Waals surface area contributed by atoms with Crippen LogP contribution in [0.25, 0.3) is 0 Å². The van der Waals surface area contributed by atoms with Gasteiger partial charge in [-0.2, -0.15) is 0 Å². The lowest BCUT2D eigenvalue weighted by atomic mass is 9.80. The van der Waals surface area contributed by atoms with Gasteiger partial charge in [-0.25, -0.2) is 0 Å². The average molecular weight is 507 g/mol. The Hall–Kier alpha value is -1.60. The lowest BCUT2D eigenvalue weighted by molar-refractivity contribution is -0.00232. The summed E-state index contributed by atoms with van der Waals surface area (Å²) < 4.78 is 6.29. The molecule has 0 saturated carbocycles. The molecule has 1 nitrogen and oxygen atoms in total. The third kappa shape index (κ3) is 13.2. The van der Waals surface area contributed by atoms with Gasteiger partial charge in [0.1, 0.15) is 0 Å². The molecule has 0 heterocycles. The summed E-state index contributed by atoms with van der Waals surface area (Å²) in [5.74, 6) is 0. The van der Waals surface area contributed by atoms with E-state index in [1.165, 1.54) is 101 Å². The van der Waals surface area contributed by atoms with E-state index in [9.17, 15) is 0 Å². The monoisotopic (exact) mass is 506 g/mol. The molecule has 0 amide bonds. The molecule has 2 unspecified atom stereocenters. The first-order valence-corrected chi connectivity index (χ1v) is 15.5. The number of unbranched alkanes of at least 4 members (excludes halogenated alkanes) is 8. The van der Waals surface area contributed by atoms with Crippen molar-refractivity contribution in [3.05, 3.63) is 71.8 Å². The van der Waals surface area contributed by atoms with Crippen molar-refractivity contribution in [1.29, 1.82) is 0 Å². The standard InChI is InChI=1S/C36H58O/c1-31(23-15-9-7-11-21-29-35(3,4)33-25-17-13-18-26-33)37-32(2)24-16-10-8-12-22-30-36(5,6)34-27-19-14-20-28-34/h13-14,17-20,25-28,31-32H,7-12,15-16,21-24,29-30H2,1-6H3. The second kappa shape index (κ2) is 17.1. The van der Waals surface area contributed by atoms with Gasteiger partial charge in [-0.1, -0.05) is 153 Å². The maximum Gasteiger partial charge on any atom is 0.0550 e. The Morgan fingerprint density at radius 2 is 0.811 bits per heavy atom. The second-order valence-corrected chi connectivity index (χ2v) is 12.9. The van der Waals surface area contributed by atoms with Gasteiger partial charge in [0.25, 0.3) is 0 Å². The summed E-state index contributed by atoms with van der Waals surface area (Å²) in [7, 11) is 0. The Bertz CT molecular complexity index is 738. The Morgan fingerprint density at radius 1 is 0.486 bits per heavy atom. The molecule has 37 heavy (non-hydrogen) atoms. The Balaban J connectivity index is 1.42. The normalized spacial score (nSPS) is 14.0. The van der Waals surface area contributed by atoms with E-state index in [1.54, 1.807) is 0 Å². The van der Waals surface area contributed by atoms with Crippen molar-refractivity contribution in [3.8, 4) is 0 Å². The fourth-order valence-corrected chi connectivity index (χ4v) is 5.66. The van der Waals surface area contributed by atoms with E-state index in [0.717, 1.165) is 0 Å². The summed E-state index contributed by atoms with van der Waals surface area (Å²) in [6.45, 7) is 14.1. The number of hydrogen-bond acceptors (Lipinski definition) is 1. The minimum atomic E-state index is 0.291. The summed E-state index contributed by atoms with van der Waals surface area (Å²) in [6, 6.07) is 22.0. The first kappa shape index (κ1) is 31.6. The lowest BCUT2D eigenvalue weighted by Crippen LogP contribution is -2.17. The summed E-state index contributed by atoms with van der Waals surface area (Å²) in [4.78, 5) is 0. The van der Waals surface area contributed by atoms with Gasteiger partial charge < -0.3 is 4.74 Å². The summed E-state index contributed by atoms with van der Waals surface area (Å²) in [6.07, 6.45) is 19.1. The van der Waals surface area contributed by atoms with Crippen LogP contribution in [0.2, 0.25) is 0 Å².